The van der Waals surface area contributed by atoms with Crippen LogP contribution in [-0.2, 0) is 16.0 Å². The standard InChI is InChI=1S/C31H46O9/c1-18(9-7-11-20(3)13-15-26(33)34)8-6-10-19(2)12-14-23-16-24(21(4)22(5)27(23)35)39-31-30(38)29(37)28(36)25(17-32)40-31/h8,11-12,16,25,28-32,35-38H,6-7,9-10,13-15,17H2,1-5H3,(H,33,34)/b18-8+,19-12+,20-11+/t25-,28-,29+,30-,31-/m1/s1. The highest BCUT2D eigenvalue weighted by molar-refractivity contribution is 5.67. The monoisotopic (exact) mass is 562 g/mol. The molecule has 0 aliphatic carbocycles. The predicted molar refractivity (Wildman–Crippen MR) is 152 cm³/mol. The summed E-state index contributed by atoms with van der Waals surface area (Å²) < 4.78 is 11.4. The second kappa shape index (κ2) is 15.9. The predicted octanol–water partition coefficient (Wildman–Crippen LogP) is 3.99. The van der Waals surface area contributed by atoms with Gasteiger partial charge in [-0.25, -0.2) is 0 Å². The molecule has 224 valence electrons. The van der Waals surface area contributed by atoms with E-state index in [2.05, 4.69) is 25.2 Å². The maximum atomic E-state index is 10.7. The molecule has 0 amide bonds. The summed E-state index contributed by atoms with van der Waals surface area (Å²) in [4.78, 5) is 10.7. The average Bonchev–Trinajstić information content (AvgIpc) is 2.91. The highest BCUT2D eigenvalue weighted by atomic mass is 16.7. The van der Waals surface area contributed by atoms with Gasteiger partial charge in [-0.2, -0.15) is 0 Å². The van der Waals surface area contributed by atoms with Crippen molar-refractivity contribution in [2.45, 2.75) is 110 Å². The number of aliphatic carboxylic acids is 1. The second-order valence-corrected chi connectivity index (χ2v) is 10.8. The lowest BCUT2D eigenvalue weighted by Crippen LogP contribution is -2.60. The quantitative estimate of drug-likeness (QED) is 0.184. The van der Waals surface area contributed by atoms with Gasteiger partial charge in [-0.05, 0) is 90.3 Å². The summed E-state index contributed by atoms with van der Waals surface area (Å²) >= 11 is 0. The number of hydrogen-bond acceptors (Lipinski definition) is 8. The van der Waals surface area contributed by atoms with E-state index in [4.69, 9.17) is 14.6 Å². The number of carboxylic acid groups (broad SMARTS) is 1. The molecule has 1 aliphatic heterocycles. The lowest BCUT2D eigenvalue weighted by atomic mass is 9.98. The highest BCUT2D eigenvalue weighted by Gasteiger charge is 2.44. The number of hydrogen-bond donors (Lipinski definition) is 6. The van der Waals surface area contributed by atoms with E-state index in [-0.39, 0.29) is 12.2 Å². The number of allylic oxidation sites excluding steroid dienone is 6. The summed E-state index contributed by atoms with van der Waals surface area (Å²) in [6.07, 6.45) is 4.26. The van der Waals surface area contributed by atoms with Gasteiger partial charge in [0.15, 0.2) is 0 Å². The van der Waals surface area contributed by atoms with E-state index in [0.717, 1.165) is 31.3 Å². The zero-order valence-electron chi connectivity index (χ0n) is 24.3. The molecule has 0 saturated carbocycles. The zero-order chi connectivity index (χ0) is 30.0. The van der Waals surface area contributed by atoms with E-state index in [1.54, 1.807) is 19.9 Å². The Labute approximate surface area is 237 Å². The van der Waals surface area contributed by atoms with E-state index in [0.29, 0.717) is 35.3 Å². The van der Waals surface area contributed by atoms with Gasteiger partial charge in [0.1, 0.15) is 35.9 Å². The van der Waals surface area contributed by atoms with Gasteiger partial charge in [-0.3, -0.25) is 4.79 Å². The van der Waals surface area contributed by atoms with Crippen LogP contribution in [0.5, 0.6) is 11.5 Å². The number of ether oxygens (including phenoxy) is 2. The van der Waals surface area contributed by atoms with E-state index >= 15 is 0 Å². The highest BCUT2D eigenvalue weighted by Crippen LogP contribution is 2.35. The first-order valence-corrected chi connectivity index (χ1v) is 13.8. The second-order valence-electron chi connectivity index (χ2n) is 10.8. The fraction of sp³-hybridized carbons (Fsp3) is 0.581. The molecule has 9 heteroatoms. The van der Waals surface area contributed by atoms with Crippen LogP contribution < -0.4 is 4.74 Å². The number of aliphatic hydroxyl groups is 4. The Balaban J connectivity index is 1.99. The summed E-state index contributed by atoms with van der Waals surface area (Å²) in [5.74, 6) is -0.251. The molecular weight excluding hydrogens is 516 g/mol. The van der Waals surface area contributed by atoms with Crippen molar-refractivity contribution in [1.29, 1.82) is 0 Å². The Bertz CT molecular complexity index is 1090. The van der Waals surface area contributed by atoms with Crippen LogP contribution >= 0.6 is 0 Å². The van der Waals surface area contributed by atoms with Gasteiger partial charge < -0.3 is 40.1 Å². The van der Waals surface area contributed by atoms with Gasteiger partial charge in [0, 0.05) is 12.0 Å². The largest absolute Gasteiger partial charge is 0.507 e. The first-order chi connectivity index (χ1) is 18.8. The van der Waals surface area contributed by atoms with Crippen LogP contribution in [0.4, 0.5) is 0 Å². The molecule has 6 N–H and O–H groups in total. The molecule has 1 aliphatic rings. The summed E-state index contributed by atoms with van der Waals surface area (Å²) in [7, 11) is 0. The number of rotatable bonds is 14. The first kappa shape index (κ1) is 33.5. The van der Waals surface area contributed by atoms with Gasteiger partial charge in [-0.15, -0.1) is 0 Å². The number of aliphatic hydroxyl groups excluding tert-OH is 4. The molecule has 40 heavy (non-hydrogen) atoms. The van der Waals surface area contributed by atoms with Crippen molar-refractivity contribution < 1.29 is 44.9 Å². The molecule has 2 rings (SSSR count). The topological polar surface area (TPSA) is 157 Å². The molecule has 0 aromatic heterocycles. The van der Waals surface area contributed by atoms with Crippen LogP contribution in [0.15, 0.2) is 41.0 Å². The summed E-state index contributed by atoms with van der Waals surface area (Å²) in [5.41, 5.74) is 5.46. The smallest absolute Gasteiger partial charge is 0.303 e. The van der Waals surface area contributed by atoms with Crippen molar-refractivity contribution >= 4 is 5.97 Å². The molecular formula is C31H46O9. The van der Waals surface area contributed by atoms with E-state index in [1.165, 1.54) is 11.1 Å². The van der Waals surface area contributed by atoms with Gasteiger partial charge in [-0.1, -0.05) is 34.9 Å². The SMILES string of the molecule is C/C(=C\CC/C(C)=C/Cc1cc(O[C@@H]2O[C@H](CO)[C@@H](O)[C@H](O)[C@H]2O)c(C)c(C)c1O)CC/C=C(\C)CCC(=O)O. The molecule has 1 heterocycles. The minimum Gasteiger partial charge on any atom is -0.507 e. The van der Waals surface area contributed by atoms with Crippen molar-refractivity contribution in [1.82, 2.24) is 0 Å². The fourth-order valence-corrected chi connectivity index (χ4v) is 4.49. The third kappa shape index (κ3) is 9.74. The van der Waals surface area contributed by atoms with Gasteiger partial charge in [0.05, 0.1) is 6.61 Å². The molecule has 9 nitrogen and oxygen atoms in total. The van der Waals surface area contributed by atoms with E-state index < -0.39 is 43.3 Å². The fourth-order valence-electron chi connectivity index (χ4n) is 4.49. The number of carbonyl (C=O) groups is 1. The van der Waals surface area contributed by atoms with Crippen molar-refractivity contribution in [3.8, 4) is 11.5 Å². The molecule has 1 aromatic rings. The van der Waals surface area contributed by atoms with Crippen LogP contribution in [-0.4, -0.2) is 73.9 Å². The third-order valence-electron chi connectivity index (χ3n) is 7.45. The normalized spacial score (nSPS) is 24.3. The van der Waals surface area contributed by atoms with E-state index in [9.17, 15) is 30.3 Å². The maximum Gasteiger partial charge on any atom is 0.303 e. The third-order valence-corrected chi connectivity index (χ3v) is 7.45. The van der Waals surface area contributed by atoms with Crippen LogP contribution in [0, 0.1) is 13.8 Å². The Morgan fingerprint density at radius 3 is 2.02 bits per heavy atom. The number of phenolic OH excluding ortho intramolecular Hbond substituents is 1. The minimum atomic E-state index is -1.54. The minimum absolute atomic E-state index is 0.158. The Kier molecular flexibility index (Phi) is 13.3. The molecule has 5 atom stereocenters. The van der Waals surface area contributed by atoms with Crippen molar-refractivity contribution in [3.05, 3.63) is 57.7 Å². The molecule has 1 saturated heterocycles. The molecule has 1 fully saturated rings. The lowest BCUT2D eigenvalue weighted by Gasteiger charge is -2.39. The summed E-state index contributed by atoms with van der Waals surface area (Å²) in [5, 5.41) is 59.4. The van der Waals surface area contributed by atoms with Gasteiger partial charge >= 0.3 is 5.97 Å². The number of aromatic hydroxyl groups is 1. The molecule has 0 spiro atoms. The average molecular weight is 563 g/mol. The Morgan fingerprint density at radius 2 is 1.45 bits per heavy atom. The van der Waals surface area contributed by atoms with Crippen molar-refractivity contribution in [2.75, 3.05) is 6.61 Å². The Hall–Kier alpha value is -2.69. The zero-order valence-corrected chi connectivity index (χ0v) is 24.3. The number of carboxylic acids is 1. The van der Waals surface area contributed by atoms with Crippen LogP contribution in [0.25, 0.3) is 0 Å². The Morgan fingerprint density at radius 1 is 0.875 bits per heavy atom. The van der Waals surface area contributed by atoms with Crippen LogP contribution in [0.2, 0.25) is 0 Å². The number of benzene rings is 1. The van der Waals surface area contributed by atoms with Crippen molar-refractivity contribution in [3.63, 3.8) is 0 Å². The molecule has 0 radical (unpaired) electrons. The maximum absolute atomic E-state index is 10.7. The molecule has 1 aromatic carbocycles. The van der Waals surface area contributed by atoms with Crippen molar-refractivity contribution in [2.24, 2.45) is 0 Å². The van der Waals surface area contributed by atoms with Gasteiger partial charge in [0.25, 0.3) is 0 Å². The van der Waals surface area contributed by atoms with Crippen LogP contribution in [0.1, 0.15) is 76.0 Å². The summed E-state index contributed by atoms with van der Waals surface area (Å²) in [6, 6.07) is 1.68. The van der Waals surface area contributed by atoms with E-state index in [1.807, 2.05) is 13.8 Å². The van der Waals surface area contributed by atoms with Crippen LogP contribution in [0.3, 0.4) is 0 Å². The first-order valence-electron chi connectivity index (χ1n) is 13.8. The lowest BCUT2D eigenvalue weighted by molar-refractivity contribution is -0.277. The number of phenols is 1. The molecule has 0 bridgehead atoms. The van der Waals surface area contributed by atoms with Gasteiger partial charge in [0.2, 0.25) is 6.29 Å². The molecule has 0 unspecified atom stereocenters. The summed E-state index contributed by atoms with van der Waals surface area (Å²) in [6.45, 7) is 9.09.